The van der Waals surface area contributed by atoms with Crippen molar-refractivity contribution in [3.05, 3.63) is 71.9 Å². The molecule has 8 nitrogen and oxygen atoms in total. The summed E-state index contributed by atoms with van der Waals surface area (Å²) in [6.45, 7) is 1.20. The van der Waals surface area contributed by atoms with Crippen LogP contribution in [0.3, 0.4) is 0 Å². The molecule has 188 valence electrons. The summed E-state index contributed by atoms with van der Waals surface area (Å²) in [6, 6.07) is 15.8. The summed E-state index contributed by atoms with van der Waals surface area (Å²) in [5.41, 5.74) is 2.34. The number of halogens is 1. The average Bonchev–Trinajstić information content (AvgIpc) is 3.36. The van der Waals surface area contributed by atoms with E-state index in [1.165, 1.54) is 25.2 Å². The van der Waals surface area contributed by atoms with Gasteiger partial charge in [0.05, 0.1) is 6.10 Å². The van der Waals surface area contributed by atoms with Gasteiger partial charge in [0, 0.05) is 26.2 Å². The molecule has 2 aromatic carbocycles. The third kappa shape index (κ3) is 5.19. The lowest BCUT2D eigenvalue weighted by Gasteiger charge is -2.51. The fraction of sp³-hybridized carbons (Fsp3) is 0.370. The van der Waals surface area contributed by atoms with E-state index in [1.54, 1.807) is 17.0 Å². The van der Waals surface area contributed by atoms with Crippen molar-refractivity contribution in [2.24, 2.45) is 5.41 Å². The van der Waals surface area contributed by atoms with Crippen LogP contribution in [0.15, 0.2) is 59.1 Å². The Morgan fingerprint density at radius 1 is 1.08 bits per heavy atom. The van der Waals surface area contributed by atoms with Crippen LogP contribution in [-0.2, 0) is 11.3 Å². The van der Waals surface area contributed by atoms with Gasteiger partial charge in [-0.05, 0) is 66.5 Å². The maximum atomic E-state index is 13.1. The molecule has 1 aliphatic heterocycles. The molecular weight excluding hydrogens is 465 g/mol. The van der Waals surface area contributed by atoms with Crippen LogP contribution in [-0.4, -0.2) is 48.3 Å². The van der Waals surface area contributed by atoms with Crippen molar-refractivity contribution in [1.29, 1.82) is 0 Å². The van der Waals surface area contributed by atoms with Gasteiger partial charge in [0.1, 0.15) is 11.6 Å². The zero-order valence-corrected chi connectivity index (χ0v) is 20.0. The Labute approximate surface area is 208 Å². The molecule has 2 aliphatic rings. The van der Waals surface area contributed by atoms with Gasteiger partial charge in [0.15, 0.2) is 18.1 Å². The molecule has 1 aliphatic carbocycles. The molecule has 0 radical (unpaired) electrons. The molecule has 1 N–H and O–H groups in total. The van der Waals surface area contributed by atoms with Crippen molar-refractivity contribution in [2.75, 3.05) is 20.1 Å². The van der Waals surface area contributed by atoms with Gasteiger partial charge in [-0.2, -0.15) is 0 Å². The average molecular weight is 494 g/mol. The lowest BCUT2D eigenvalue weighted by Crippen LogP contribution is -2.52. The Morgan fingerprint density at radius 3 is 2.36 bits per heavy atom. The molecule has 1 spiro atoms. The molecule has 1 saturated carbocycles. The lowest BCUT2D eigenvalue weighted by atomic mass is 9.61. The Kier molecular flexibility index (Phi) is 6.63. The zero-order valence-electron chi connectivity index (χ0n) is 20.0. The number of carbonyl (C=O) groups excluding carboxylic acids is 2. The van der Waals surface area contributed by atoms with Crippen molar-refractivity contribution >= 4 is 12.0 Å². The normalized spacial score (nSPS) is 16.9. The first-order valence-electron chi connectivity index (χ1n) is 12.1. The zero-order chi connectivity index (χ0) is 25.1. The second-order valence-corrected chi connectivity index (χ2v) is 9.48. The van der Waals surface area contributed by atoms with Gasteiger partial charge in [-0.1, -0.05) is 29.4 Å². The molecule has 0 atom stereocenters. The van der Waals surface area contributed by atoms with Crippen LogP contribution in [0.1, 0.15) is 41.9 Å². The van der Waals surface area contributed by atoms with Gasteiger partial charge in [-0.25, -0.2) is 9.18 Å². The van der Waals surface area contributed by atoms with E-state index in [2.05, 4.69) is 10.5 Å². The van der Waals surface area contributed by atoms with Crippen LogP contribution >= 0.6 is 0 Å². The molecule has 0 bridgehead atoms. The van der Waals surface area contributed by atoms with E-state index in [4.69, 9.17) is 14.0 Å². The van der Waals surface area contributed by atoms with Gasteiger partial charge in [-0.3, -0.25) is 4.79 Å². The highest BCUT2D eigenvalue weighted by Crippen LogP contribution is 2.50. The first-order valence-corrected chi connectivity index (χ1v) is 12.1. The van der Waals surface area contributed by atoms with Crippen LogP contribution in [0.4, 0.5) is 9.18 Å². The SMILES string of the molecule is CNC(=O)c1cc(COC(=O)N2CCC3(CC2)CC(Oc2ccc(-c4ccc(F)cc4)cc2)C3)on1. The fourth-order valence-corrected chi connectivity index (χ4v) is 4.96. The van der Waals surface area contributed by atoms with Crippen molar-refractivity contribution < 1.29 is 28.0 Å². The summed E-state index contributed by atoms with van der Waals surface area (Å²) in [7, 11) is 1.50. The molecular formula is C27H28FN3O5. The number of hydrogen-bond donors (Lipinski definition) is 1. The van der Waals surface area contributed by atoms with Crippen LogP contribution in [0.5, 0.6) is 5.75 Å². The third-order valence-electron chi connectivity index (χ3n) is 7.09. The van der Waals surface area contributed by atoms with Crippen LogP contribution < -0.4 is 10.1 Å². The van der Waals surface area contributed by atoms with E-state index in [0.717, 1.165) is 42.6 Å². The number of hydrogen-bond acceptors (Lipinski definition) is 6. The number of nitrogens with zero attached hydrogens (tertiary/aromatic N) is 2. The monoisotopic (exact) mass is 493 g/mol. The summed E-state index contributed by atoms with van der Waals surface area (Å²) in [4.78, 5) is 25.7. The summed E-state index contributed by atoms with van der Waals surface area (Å²) < 4.78 is 29.7. The first-order chi connectivity index (χ1) is 17.4. The number of rotatable bonds is 6. The Bertz CT molecular complexity index is 1210. The Hall–Kier alpha value is -3.88. The van der Waals surface area contributed by atoms with Crippen molar-refractivity contribution in [3.8, 4) is 16.9 Å². The molecule has 36 heavy (non-hydrogen) atoms. The number of carbonyl (C=O) groups is 2. The highest BCUT2D eigenvalue weighted by Gasteiger charge is 2.47. The minimum absolute atomic E-state index is 0.0691. The fourth-order valence-electron chi connectivity index (χ4n) is 4.96. The topological polar surface area (TPSA) is 93.9 Å². The second-order valence-electron chi connectivity index (χ2n) is 9.48. The number of amides is 2. The molecule has 2 heterocycles. The van der Waals surface area contributed by atoms with E-state index >= 15 is 0 Å². The molecule has 0 unspecified atom stereocenters. The number of benzene rings is 2. The predicted molar refractivity (Wildman–Crippen MR) is 129 cm³/mol. The molecule has 2 amide bonds. The number of nitrogens with one attached hydrogen (secondary N) is 1. The van der Waals surface area contributed by atoms with E-state index in [0.29, 0.717) is 18.8 Å². The molecule has 5 rings (SSSR count). The Balaban J connectivity index is 1.05. The largest absolute Gasteiger partial charge is 0.490 e. The molecule has 2 fully saturated rings. The summed E-state index contributed by atoms with van der Waals surface area (Å²) in [6.07, 6.45) is 3.53. The van der Waals surface area contributed by atoms with Crippen molar-refractivity contribution in [3.63, 3.8) is 0 Å². The second kappa shape index (κ2) is 10.0. The van der Waals surface area contributed by atoms with Gasteiger partial charge in [0.2, 0.25) is 0 Å². The Morgan fingerprint density at radius 2 is 1.72 bits per heavy atom. The van der Waals surface area contributed by atoms with Crippen LogP contribution in [0.25, 0.3) is 11.1 Å². The lowest BCUT2D eigenvalue weighted by molar-refractivity contribution is -0.0539. The highest BCUT2D eigenvalue weighted by molar-refractivity contribution is 5.91. The number of aromatic nitrogens is 1. The maximum Gasteiger partial charge on any atom is 0.410 e. The number of likely N-dealkylation sites (tertiary alicyclic amines) is 1. The van der Waals surface area contributed by atoms with Gasteiger partial charge >= 0.3 is 6.09 Å². The van der Waals surface area contributed by atoms with Gasteiger partial charge in [0.25, 0.3) is 5.91 Å². The summed E-state index contributed by atoms with van der Waals surface area (Å²) >= 11 is 0. The summed E-state index contributed by atoms with van der Waals surface area (Å²) in [5.74, 6) is 0.542. The molecule has 1 saturated heterocycles. The highest BCUT2D eigenvalue weighted by atomic mass is 19.1. The van der Waals surface area contributed by atoms with Gasteiger partial charge < -0.3 is 24.2 Å². The van der Waals surface area contributed by atoms with Crippen LogP contribution in [0, 0.1) is 11.2 Å². The van der Waals surface area contributed by atoms with Crippen molar-refractivity contribution in [1.82, 2.24) is 15.4 Å². The minimum atomic E-state index is -0.392. The predicted octanol–water partition coefficient (Wildman–Crippen LogP) is 4.80. The quantitative estimate of drug-likeness (QED) is 0.530. The smallest absolute Gasteiger partial charge is 0.410 e. The van der Waals surface area contributed by atoms with Gasteiger partial charge in [-0.15, -0.1) is 0 Å². The van der Waals surface area contributed by atoms with Crippen LogP contribution in [0.2, 0.25) is 0 Å². The third-order valence-corrected chi connectivity index (χ3v) is 7.09. The minimum Gasteiger partial charge on any atom is -0.490 e. The molecule has 9 heteroatoms. The standard InChI is InChI=1S/C27H28FN3O5/c1-29-25(32)24-14-22(36-30-24)17-34-26(33)31-12-10-27(11-13-31)15-23(16-27)35-21-8-4-19(5-9-21)18-2-6-20(28)7-3-18/h2-9,14,23H,10-13,15-17H2,1H3,(H,29,32). The number of ether oxygens (including phenoxy) is 2. The van der Waals surface area contributed by atoms with E-state index < -0.39 is 6.09 Å². The summed E-state index contributed by atoms with van der Waals surface area (Å²) in [5, 5.41) is 6.12. The van der Waals surface area contributed by atoms with E-state index in [1.807, 2.05) is 24.3 Å². The van der Waals surface area contributed by atoms with E-state index in [9.17, 15) is 14.0 Å². The maximum absolute atomic E-state index is 13.1. The van der Waals surface area contributed by atoms with Crippen molar-refractivity contribution in [2.45, 2.75) is 38.4 Å². The number of piperidine rings is 1. The molecule has 3 aromatic rings. The molecule has 1 aromatic heterocycles. The van der Waals surface area contributed by atoms with E-state index in [-0.39, 0.29) is 35.5 Å². The first kappa shape index (κ1) is 23.8.